The number of hydrogen-bond donors (Lipinski definition) is 0. The van der Waals surface area contributed by atoms with Crippen molar-refractivity contribution in [2.24, 2.45) is 0 Å². The molecule has 0 radical (unpaired) electrons. The molecule has 0 amide bonds. The van der Waals surface area contributed by atoms with Gasteiger partial charge in [-0.25, -0.2) is 4.98 Å². The van der Waals surface area contributed by atoms with Gasteiger partial charge >= 0.3 is 0 Å². The van der Waals surface area contributed by atoms with Gasteiger partial charge in [0.2, 0.25) is 0 Å². The Balaban J connectivity index is 1.87. The maximum atomic E-state index is 13.2. The van der Waals surface area contributed by atoms with Gasteiger partial charge in [-0.3, -0.25) is 9.36 Å². The average molecular weight is 415 g/mol. The molecule has 0 N–H and O–H groups in total. The molecule has 4 rings (SSSR count). The topological polar surface area (TPSA) is 34.9 Å². The van der Waals surface area contributed by atoms with Gasteiger partial charge in [-0.15, -0.1) is 11.3 Å². The van der Waals surface area contributed by atoms with E-state index in [4.69, 9.17) is 23.2 Å². The molecule has 4 aromatic rings. The van der Waals surface area contributed by atoms with Crippen LogP contribution in [0.5, 0.6) is 0 Å². The maximum absolute atomic E-state index is 13.2. The van der Waals surface area contributed by atoms with E-state index in [2.05, 4.69) is 29.2 Å². The van der Waals surface area contributed by atoms with Gasteiger partial charge in [0.05, 0.1) is 18.3 Å². The zero-order valence-corrected chi connectivity index (χ0v) is 17.1. The molecular weight excluding hydrogens is 399 g/mol. The molecule has 0 bridgehead atoms. The van der Waals surface area contributed by atoms with Crippen molar-refractivity contribution in [1.29, 1.82) is 0 Å². The lowest BCUT2D eigenvalue weighted by Gasteiger charge is -2.09. The van der Waals surface area contributed by atoms with Crippen molar-refractivity contribution in [3.63, 3.8) is 0 Å². The van der Waals surface area contributed by atoms with E-state index < -0.39 is 0 Å². The van der Waals surface area contributed by atoms with Gasteiger partial charge in [-0.2, -0.15) is 0 Å². The number of hydrogen-bond acceptors (Lipinski definition) is 3. The minimum atomic E-state index is -0.0639. The highest BCUT2D eigenvalue weighted by atomic mass is 35.5. The number of benzene rings is 2. The number of rotatable bonds is 3. The van der Waals surface area contributed by atoms with E-state index >= 15 is 0 Å². The molecule has 0 saturated carbocycles. The van der Waals surface area contributed by atoms with Crippen LogP contribution in [0, 0.1) is 13.8 Å². The smallest absolute Gasteiger partial charge is 0.263 e. The average Bonchev–Trinajstić information content (AvgIpc) is 2.97. The number of aromatic nitrogens is 2. The van der Waals surface area contributed by atoms with Crippen LogP contribution < -0.4 is 5.56 Å². The van der Waals surface area contributed by atoms with Crippen LogP contribution in [0.2, 0.25) is 10.0 Å². The SMILES string of the molecule is Cc1ccc(-c2c(C)sc3ncn(Cc4ccc(Cl)cc4Cl)c(=O)c23)cc1. The molecule has 2 heterocycles. The monoisotopic (exact) mass is 414 g/mol. The molecular formula is C21H16Cl2N2OS. The molecule has 0 saturated heterocycles. The fourth-order valence-corrected chi connectivity index (χ4v) is 4.62. The summed E-state index contributed by atoms with van der Waals surface area (Å²) in [5.74, 6) is 0. The van der Waals surface area contributed by atoms with E-state index in [1.807, 2.05) is 19.9 Å². The molecule has 0 aliphatic heterocycles. The van der Waals surface area contributed by atoms with Crippen LogP contribution in [0.15, 0.2) is 53.6 Å². The van der Waals surface area contributed by atoms with Crippen LogP contribution in [0.4, 0.5) is 0 Å². The Morgan fingerprint density at radius 3 is 2.52 bits per heavy atom. The molecule has 136 valence electrons. The van der Waals surface area contributed by atoms with Crippen LogP contribution in [0.25, 0.3) is 21.3 Å². The number of nitrogens with zero attached hydrogens (tertiary/aromatic N) is 2. The number of halogens is 2. The number of fused-ring (bicyclic) bond motifs is 1. The fraction of sp³-hybridized carbons (Fsp3) is 0.143. The third-order valence-electron chi connectivity index (χ3n) is 4.55. The van der Waals surface area contributed by atoms with Gasteiger partial charge in [0.15, 0.2) is 0 Å². The largest absolute Gasteiger partial charge is 0.294 e. The predicted octanol–water partition coefficient (Wildman–Crippen LogP) is 6.10. The van der Waals surface area contributed by atoms with Gasteiger partial charge < -0.3 is 0 Å². The van der Waals surface area contributed by atoms with Crippen molar-refractivity contribution in [3.05, 3.63) is 85.2 Å². The van der Waals surface area contributed by atoms with E-state index in [0.717, 1.165) is 26.4 Å². The van der Waals surface area contributed by atoms with Crippen LogP contribution in [0.3, 0.4) is 0 Å². The first-order valence-electron chi connectivity index (χ1n) is 8.43. The van der Waals surface area contributed by atoms with Gasteiger partial charge in [0, 0.05) is 20.5 Å². The quantitative estimate of drug-likeness (QED) is 0.405. The van der Waals surface area contributed by atoms with Crippen LogP contribution in [0.1, 0.15) is 16.0 Å². The predicted molar refractivity (Wildman–Crippen MR) is 114 cm³/mol. The zero-order valence-electron chi connectivity index (χ0n) is 14.8. The Hall–Kier alpha value is -2.14. The molecule has 6 heteroatoms. The van der Waals surface area contributed by atoms with E-state index in [9.17, 15) is 4.79 Å². The number of aryl methyl sites for hydroxylation is 2. The Kier molecular flexibility index (Phi) is 4.81. The summed E-state index contributed by atoms with van der Waals surface area (Å²) < 4.78 is 1.60. The maximum Gasteiger partial charge on any atom is 0.263 e. The molecule has 2 aromatic carbocycles. The second-order valence-electron chi connectivity index (χ2n) is 6.49. The van der Waals surface area contributed by atoms with Crippen molar-refractivity contribution in [3.8, 4) is 11.1 Å². The summed E-state index contributed by atoms with van der Waals surface area (Å²) >= 11 is 13.8. The summed E-state index contributed by atoms with van der Waals surface area (Å²) in [6.45, 7) is 4.42. The lowest BCUT2D eigenvalue weighted by atomic mass is 10.0. The molecule has 0 fully saturated rings. The Labute approximate surface area is 170 Å². The van der Waals surface area contributed by atoms with E-state index in [0.29, 0.717) is 22.0 Å². The minimum Gasteiger partial charge on any atom is -0.294 e. The van der Waals surface area contributed by atoms with E-state index in [-0.39, 0.29) is 5.56 Å². The highest BCUT2D eigenvalue weighted by Crippen LogP contribution is 2.35. The summed E-state index contributed by atoms with van der Waals surface area (Å²) in [5.41, 5.74) is 3.94. The van der Waals surface area contributed by atoms with Gasteiger partial charge in [0.1, 0.15) is 4.83 Å². The lowest BCUT2D eigenvalue weighted by Crippen LogP contribution is -2.21. The summed E-state index contributed by atoms with van der Waals surface area (Å²) in [5, 5.41) is 1.77. The second-order valence-corrected chi connectivity index (χ2v) is 8.54. The zero-order chi connectivity index (χ0) is 19.1. The Bertz CT molecular complexity index is 1210. The standard InChI is InChI=1S/C21H16Cl2N2OS/c1-12-3-5-14(6-4-12)18-13(2)27-20-19(18)21(26)25(11-24-20)10-15-7-8-16(22)9-17(15)23/h3-9,11H,10H2,1-2H3. The molecule has 3 nitrogen and oxygen atoms in total. The van der Waals surface area contributed by atoms with E-state index in [1.54, 1.807) is 34.4 Å². The van der Waals surface area contributed by atoms with Crippen molar-refractivity contribution in [1.82, 2.24) is 9.55 Å². The molecule has 0 aliphatic rings. The summed E-state index contributed by atoms with van der Waals surface area (Å²) in [4.78, 5) is 19.6. The van der Waals surface area contributed by atoms with Crippen molar-refractivity contribution in [2.75, 3.05) is 0 Å². The van der Waals surface area contributed by atoms with Gasteiger partial charge in [0.25, 0.3) is 5.56 Å². The molecule has 0 unspecified atom stereocenters. The highest BCUT2D eigenvalue weighted by Gasteiger charge is 2.17. The third-order valence-corrected chi connectivity index (χ3v) is 6.15. The van der Waals surface area contributed by atoms with Crippen LogP contribution >= 0.6 is 34.5 Å². The molecule has 0 atom stereocenters. The second kappa shape index (κ2) is 7.12. The first-order valence-corrected chi connectivity index (χ1v) is 10.0. The van der Waals surface area contributed by atoms with Crippen molar-refractivity contribution in [2.45, 2.75) is 20.4 Å². The Morgan fingerprint density at radius 1 is 1.07 bits per heavy atom. The van der Waals surface area contributed by atoms with Crippen molar-refractivity contribution < 1.29 is 0 Å². The fourth-order valence-electron chi connectivity index (χ4n) is 3.15. The van der Waals surface area contributed by atoms with Gasteiger partial charge in [-0.1, -0.05) is 59.1 Å². The van der Waals surface area contributed by atoms with Crippen LogP contribution in [-0.4, -0.2) is 9.55 Å². The summed E-state index contributed by atoms with van der Waals surface area (Å²) in [6, 6.07) is 13.5. The van der Waals surface area contributed by atoms with Crippen LogP contribution in [-0.2, 0) is 6.54 Å². The highest BCUT2D eigenvalue weighted by molar-refractivity contribution is 7.19. The Morgan fingerprint density at radius 2 is 1.81 bits per heavy atom. The first-order chi connectivity index (χ1) is 12.9. The normalized spacial score (nSPS) is 11.3. The molecule has 0 spiro atoms. The molecule has 2 aromatic heterocycles. The molecule has 27 heavy (non-hydrogen) atoms. The number of thiophene rings is 1. The van der Waals surface area contributed by atoms with Gasteiger partial charge in [-0.05, 0) is 37.1 Å². The summed E-state index contributed by atoms with van der Waals surface area (Å²) in [6.07, 6.45) is 1.59. The summed E-state index contributed by atoms with van der Waals surface area (Å²) in [7, 11) is 0. The first kappa shape index (κ1) is 18.2. The molecule has 0 aliphatic carbocycles. The lowest BCUT2D eigenvalue weighted by molar-refractivity contribution is 0.749. The third kappa shape index (κ3) is 3.41. The minimum absolute atomic E-state index is 0.0639. The van der Waals surface area contributed by atoms with E-state index in [1.165, 1.54) is 5.56 Å². The van der Waals surface area contributed by atoms with Crippen molar-refractivity contribution >= 4 is 44.8 Å².